The summed E-state index contributed by atoms with van der Waals surface area (Å²) in [7, 11) is 1.57. The molecule has 0 heterocycles. The minimum absolute atomic E-state index is 0.0590. The highest BCUT2D eigenvalue weighted by Gasteiger charge is 2.27. The lowest BCUT2D eigenvalue weighted by atomic mass is 10.0. The Morgan fingerprint density at radius 3 is 1.10 bits per heavy atom. The van der Waals surface area contributed by atoms with Gasteiger partial charge in [0.25, 0.3) is 0 Å². The maximum Gasteiger partial charge on any atom is 0.472 e. The van der Waals surface area contributed by atoms with Crippen molar-refractivity contribution in [3.8, 4) is 0 Å². The van der Waals surface area contributed by atoms with Crippen LogP contribution < -0.4 is 5.32 Å². The summed E-state index contributed by atoms with van der Waals surface area (Å²) in [6.45, 7) is 4.85. The van der Waals surface area contributed by atoms with Crippen molar-refractivity contribution in [3.63, 3.8) is 0 Å². The van der Waals surface area contributed by atoms with Crippen molar-refractivity contribution in [2.24, 2.45) is 0 Å². The summed E-state index contributed by atoms with van der Waals surface area (Å²) in [5, 5.41) is 14.0. The van der Waals surface area contributed by atoms with Crippen LogP contribution in [0, 0.1) is 0 Å². The van der Waals surface area contributed by atoms with Crippen molar-refractivity contribution >= 4 is 13.7 Å². The Morgan fingerprint density at radius 2 is 0.753 bits per heavy atom. The van der Waals surface area contributed by atoms with E-state index in [1.54, 1.807) is 6.08 Å². The first-order chi connectivity index (χ1) is 35.5. The second-order valence-electron chi connectivity index (χ2n) is 23.5. The fraction of sp³-hybridized carbons (Fsp3) is 0.922. The molecule has 0 fully saturated rings. The van der Waals surface area contributed by atoms with E-state index in [4.69, 9.17) is 9.05 Å². The molecule has 0 aliphatic heterocycles. The first kappa shape index (κ1) is 72.0. The molecule has 9 heteroatoms. The van der Waals surface area contributed by atoms with Crippen LogP contribution in [0.25, 0.3) is 0 Å². The molecule has 0 spiro atoms. The number of phosphoric ester groups is 1. The zero-order valence-corrected chi connectivity index (χ0v) is 50.5. The fourth-order valence-electron chi connectivity index (χ4n) is 9.89. The smallest absolute Gasteiger partial charge is 0.387 e. The van der Waals surface area contributed by atoms with Crippen LogP contribution in [0.15, 0.2) is 24.3 Å². The Hall–Kier alpha value is -1.02. The number of carbonyl (C=O) groups is 1. The van der Waals surface area contributed by atoms with Crippen LogP contribution in [0.2, 0.25) is 0 Å². The van der Waals surface area contributed by atoms with Crippen molar-refractivity contribution in [2.75, 3.05) is 40.9 Å². The van der Waals surface area contributed by atoms with E-state index in [0.717, 1.165) is 38.5 Å². The Bertz CT molecular complexity index is 1240. The summed E-state index contributed by atoms with van der Waals surface area (Å²) in [6, 6.07) is -0.861. The Kier molecular flexibility index (Phi) is 54.9. The molecule has 3 N–H and O–H groups in total. The predicted octanol–water partition coefficient (Wildman–Crippen LogP) is 19.9. The van der Waals surface area contributed by atoms with Crippen molar-refractivity contribution in [2.45, 2.75) is 341 Å². The Balaban J connectivity index is 4.14. The van der Waals surface area contributed by atoms with Crippen LogP contribution in [0.1, 0.15) is 328 Å². The number of nitrogens with one attached hydrogen (secondary N) is 1. The third-order valence-electron chi connectivity index (χ3n) is 14.9. The quantitative estimate of drug-likeness (QED) is 0.0243. The van der Waals surface area contributed by atoms with Gasteiger partial charge in [0.1, 0.15) is 13.2 Å². The predicted molar refractivity (Wildman–Crippen MR) is 318 cm³/mol. The van der Waals surface area contributed by atoms with E-state index >= 15 is 0 Å². The average molecular weight is 1050 g/mol. The van der Waals surface area contributed by atoms with Crippen LogP contribution in [-0.2, 0) is 18.4 Å². The van der Waals surface area contributed by atoms with Gasteiger partial charge in [0, 0.05) is 6.42 Å². The Morgan fingerprint density at radius 1 is 0.452 bits per heavy atom. The van der Waals surface area contributed by atoms with E-state index < -0.39 is 20.0 Å². The van der Waals surface area contributed by atoms with Crippen molar-refractivity contribution in [1.82, 2.24) is 5.32 Å². The van der Waals surface area contributed by atoms with Crippen molar-refractivity contribution < 1.29 is 32.9 Å². The fourth-order valence-corrected chi connectivity index (χ4v) is 10.6. The second-order valence-corrected chi connectivity index (χ2v) is 24.9. The van der Waals surface area contributed by atoms with Gasteiger partial charge in [-0.2, -0.15) is 0 Å². The first-order valence-electron chi connectivity index (χ1n) is 32.2. The number of likely N-dealkylation sites (N-methyl/N-ethyl adjacent to an activating group) is 1. The van der Waals surface area contributed by atoms with E-state index in [1.165, 1.54) is 270 Å². The highest BCUT2D eigenvalue weighted by atomic mass is 31.2. The molecule has 0 aromatic carbocycles. The number of phosphoric acid groups is 1. The SMILES string of the molecule is CCCCCCCCCCCCCCCCCCCCCCCC/C=C/CC/C=C/C(O)C(COP(=O)(O)OCC[N+](C)(C)C)NC(=O)CCCCCCCCCCCCCCCCCCCCCCCCC. The number of aliphatic hydroxyl groups is 1. The number of nitrogens with zero attached hydrogens (tertiary/aromatic N) is 1. The maximum absolute atomic E-state index is 13.0. The van der Waals surface area contributed by atoms with Crippen LogP contribution in [0.3, 0.4) is 0 Å². The molecule has 0 radical (unpaired) electrons. The molecule has 0 rings (SSSR count). The van der Waals surface area contributed by atoms with Gasteiger partial charge in [-0.25, -0.2) is 4.57 Å². The minimum atomic E-state index is -4.36. The van der Waals surface area contributed by atoms with Gasteiger partial charge in [-0.15, -0.1) is 0 Å². The normalized spacial score (nSPS) is 13.9. The molecule has 0 aromatic heterocycles. The summed E-state index contributed by atoms with van der Waals surface area (Å²) < 4.78 is 23.8. The number of carbonyl (C=O) groups excluding carboxylic acids is 1. The number of unbranched alkanes of at least 4 members (excludes halogenated alkanes) is 45. The summed E-state index contributed by atoms with van der Waals surface area (Å²) in [5.41, 5.74) is 0. The highest BCUT2D eigenvalue weighted by molar-refractivity contribution is 7.47. The molecule has 8 nitrogen and oxygen atoms in total. The third kappa shape index (κ3) is 58.5. The molecule has 3 unspecified atom stereocenters. The van der Waals surface area contributed by atoms with Gasteiger partial charge >= 0.3 is 7.82 Å². The van der Waals surface area contributed by atoms with Gasteiger partial charge in [0.15, 0.2) is 0 Å². The lowest BCUT2D eigenvalue weighted by Crippen LogP contribution is -2.45. The van der Waals surface area contributed by atoms with E-state index in [0.29, 0.717) is 17.4 Å². The van der Waals surface area contributed by atoms with Gasteiger partial charge in [-0.05, 0) is 32.1 Å². The van der Waals surface area contributed by atoms with E-state index in [1.807, 2.05) is 27.2 Å². The molecular formula is C64H128N2O6P+. The molecule has 73 heavy (non-hydrogen) atoms. The van der Waals surface area contributed by atoms with Crippen LogP contribution in [-0.4, -0.2) is 73.4 Å². The number of aliphatic hydroxyl groups excluding tert-OH is 1. The molecule has 1 amide bonds. The number of amides is 1. The van der Waals surface area contributed by atoms with Crippen LogP contribution >= 0.6 is 7.82 Å². The van der Waals surface area contributed by atoms with Gasteiger partial charge < -0.3 is 19.8 Å². The van der Waals surface area contributed by atoms with Crippen molar-refractivity contribution in [1.29, 1.82) is 0 Å². The molecule has 0 bridgehead atoms. The lowest BCUT2D eigenvalue weighted by molar-refractivity contribution is -0.870. The number of hydrogen-bond donors (Lipinski definition) is 3. The zero-order valence-electron chi connectivity index (χ0n) is 49.7. The summed E-state index contributed by atoms with van der Waals surface area (Å²) in [4.78, 5) is 23.4. The number of allylic oxidation sites excluding steroid dienone is 3. The standard InChI is InChI=1S/C64H127N2O6P/c1-6-8-10-12-14-16-18-20-22-24-26-28-30-31-32-33-34-36-37-39-41-43-45-47-49-51-53-55-57-63(67)62(61-72-73(69,70)71-60-59-66(3,4)5)65-64(68)58-56-54-52-50-48-46-44-42-40-38-35-29-27-25-23-21-19-17-15-13-11-9-7-2/h47,49,55,57,62-63,67H,6-46,48,50-54,56,58-61H2,1-5H3,(H-,65,68,69,70)/p+1/b49-47+,57-55+. The van der Waals surface area contributed by atoms with E-state index in [2.05, 4.69) is 31.3 Å². The van der Waals surface area contributed by atoms with Gasteiger partial charge in [-0.1, -0.05) is 314 Å². The molecule has 434 valence electrons. The summed E-state index contributed by atoms with van der Waals surface area (Å²) in [5.74, 6) is -0.179. The van der Waals surface area contributed by atoms with E-state index in [-0.39, 0.29) is 19.1 Å². The summed E-state index contributed by atoms with van der Waals surface area (Å²) >= 11 is 0. The third-order valence-corrected chi connectivity index (χ3v) is 15.9. The maximum atomic E-state index is 13.0. The monoisotopic (exact) mass is 1050 g/mol. The van der Waals surface area contributed by atoms with Crippen LogP contribution in [0.5, 0.6) is 0 Å². The largest absolute Gasteiger partial charge is 0.472 e. The second kappa shape index (κ2) is 55.7. The number of quaternary nitrogens is 1. The molecule has 0 aliphatic carbocycles. The number of rotatable bonds is 60. The van der Waals surface area contributed by atoms with Gasteiger partial charge in [0.2, 0.25) is 5.91 Å². The molecular weight excluding hydrogens is 924 g/mol. The number of hydrogen-bond acceptors (Lipinski definition) is 5. The average Bonchev–Trinajstić information content (AvgIpc) is 3.35. The molecule has 0 aromatic rings. The van der Waals surface area contributed by atoms with Crippen molar-refractivity contribution in [3.05, 3.63) is 24.3 Å². The Labute approximate surface area is 455 Å². The first-order valence-corrected chi connectivity index (χ1v) is 33.7. The molecule has 0 aliphatic rings. The minimum Gasteiger partial charge on any atom is -0.387 e. The molecule has 3 atom stereocenters. The van der Waals surface area contributed by atoms with E-state index in [9.17, 15) is 19.4 Å². The summed E-state index contributed by atoms with van der Waals surface area (Å²) in [6.07, 6.45) is 71.7. The molecule has 0 saturated carbocycles. The van der Waals surface area contributed by atoms with Gasteiger partial charge in [-0.3, -0.25) is 13.8 Å². The highest BCUT2D eigenvalue weighted by Crippen LogP contribution is 2.43. The lowest BCUT2D eigenvalue weighted by Gasteiger charge is -2.25. The topological polar surface area (TPSA) is 105 Å². The van der Waals surface area contributed by atoms with Gasteiger partial charge in [0.05, 0.1) is 39.9 Å². The van der Waals surface area contributed by atoms with Crippen LogP contribution in [0.4, 0.5) is 0 Å². The molecule has 0 saturated heterocycles. The zero-order chi connectivity index (χ0) is 53.5.